The van der Waals surface area contributed by atoms with Gasteiger partial charge in [-0.15, -0.1) is 0 Å². The number of hydrogen-bond donors (Lipinski definition) is 0. The first-order chi connectivity index (χ1) is 13.4. The molecule has 0 heterocycles. The summed E-state index contributed by atoms with van der Waals surface area (Å²) in [5.41, 5.74) is 3.59. The summed E-state index contributed by atoms with van der Waals surface area (Å²) in [6, 6.07) is 18.7. The van der Waals surface area contributed by atoms with Crippen molar-refractivity contribution in [1.29, 1.82) is 10.5 Å². The third-order valence-electron chi connectivity index (χ3n) is 4.09. The molecule has 0 fully saturated rings. The highest BCUT2D eigenvalue weighted by atomic mass is 16.1. The summed E-state index contributed by atoms with van der Waals surface area (Å²) >= 11 is 0. The number of hydrogen-bond acceptors (Lipinski definition) is 6. The zero-order chi connectivity index (χ0) is 21.1. The largest absolute Gasteiger partial charge is 0.378 e. The van der Waals surface area contributed by atoms with Crippen molar-refractivity contribution in [2.45, 2.75) is 11.8 Å². The number of nitriles is 2. The summed E-state index contributed by atoms with van der Waals surface area (Å²) in [5.74, 6) is -1.29. The number of nitrogens with zero attached hydrogens (tertiary/aromatic N) is 4. The molecule has 2 unspecified atom stereocenters. The topological polar surface area (TPSA) is 88.2 Å². The van der Waals surface area contributed by atoms with E-state index < -0.39 is 11.8 Å². The van der Waals surface area contributed by atoms with E-state index in [0.717, 1.165) is 22.5 Å². The number of carbonyl (C=O) groups excluding carboxylic acids is 2. The van der Waals surface area contributed by atoms with Crippen LogP contribution in [-0.4, -0.2) is 40.8 Å². The van der Waals surface area contributed by atoms with Crippen molar-refractivity contribution in [3.63, 3.8) is 0 Å². The maximum Gasteiger partial charge on any atom is 0.141 e. The number of benzene rings is 2. The Bertz CT molecular complexity index is 771. The summed E-state index contributed by atoms with van der Waals surface area (Å²) in [5, 5.41) is 17.3. The molecule has 0 spiro atoms. The second-order valence-electron chi connectivity index (χ2n) is 6.46. The molecule has 2 rings (SSSR count). The van der Waals surface area contributed by atoms with E-state index in [9.17, 15) is 9.59 Å². The molecule has 2 atom stereocenters. The minimum atomic E-state index is -0.647. The summed E-state index contributed by atoms with van der Waals surface area (Å²) in [6.45, 7) is 0. The van der Waals surface area contributed by atoms with Gasteiger partial charge in [-0.1, -0.05) is 24.3 Å². The fourth-order valence-corrected chi connectivity index (χ4v) is 2.33. The van der Waals surface area contributed by atoms with Crippen molar-refractivity contribution in [3.05, 3.63) is 59.7 Å². The molecule has 2 aromatic rings. The Kier molecular flexibility index (Phi) is 8.92. The van der Waals surface area contributed by atoms with Gasteiger partial charge >= 0.3 is 0 Å². The van der Waals surface area contributed by atoms with Gasteiger partial charge in [0.25, 0.3) is 0 Å². The molecular weight excluding hydrogens is 352 g/mol. The first kappa shape index (κ1) is 22.4. The molecule has 0 aromatic heterocycles. The Morgan fingerprint density at radius 2 is 0.964 bits per heavy atom. The van der Waals surface area contributed by atoms with Crippen LogP contribution in [0.15, 0.2) is 48.5 Å². The second kappa shape index (κ2) is 11.2. The zero-order valence-corrected chi connectivity index (χ0v) is 16.5. The van der Waals surface area contributed by atoms with Gasteiger partial charge in [0.1, 0.15) is 24.4 Å². The van der Waals surface area contributed by atoms with Gasteiger partial charge in [0.15, 0.2) is 0 Å². The normalized spacial score (nSPS) is 11.5. The van der Waals surface area contributed by atoms with Crippen LogP contribution in [0.1, 0.15) is 23.0 Å². The van der Waals surface area contributed by atoms with Gasteiger partial charge in [0, 0.05) is 39.6 Å². The third kappa shape index (κ3) is 6.26. The van der Waals surface area contributed by atoms with Gasteiger partial charge in [-0.05, 0) is 35.4 Å². The van der Waals surface area contributed by atoms with Gasteiger partial charge in [-0.2, -0.15) is 10.5 Å². The SMILES string of the molecule is CN(C)c1ccc(C(C#N)C=O)cc1.CN(C)c1ccc(C(C#N)C=O)cc1. The summed E-state index contributed by atoms with van der Waals surface area (Å²) in [7, 11) is 7.76. The lowest BCUT2D eigenvalue weighted by Crippen LogP contribution is -2.08. The first-order valence-corrected chi connectivity index (χ1v) is 8.62. The predicted octanol–water partition coefficient (Wildman–Crippen LogP) is 3.12. The molecule has 0 N–H and O–H groups in total. The molecule has 0 amide bonds. The lowest BCUT2D eigenvalue weighted by molar-refractivity contribution is -0.108. The summed E-state index contributed by atoms with van der Waals surface area (Å²) in [4.78, 5) is 25.0. The molecule has 0 aliphatic rings. The van der Waals surface area contributed by atoms with E-state index in [1.54, 1.807) is 24.3 Å². The lowest BCUT2D eigenvalue weighted by Gasteiger charge is -2.12. The van der Waals surface area contributed by atoms with Gasteiger partial charge in [0.05, 0.1) is 12.1 Å². The van der Waals surface area contributed by atoms with E-state index in [0.29, 0.717) is 12.6 Å². The van der Waals surface area contributed by atoms with Gasteiger partial charge in [0.2, 0.25) is 0 Å². The second-order valence-corrected chi connectivity index (χ2v) is 6.46. The van der Waals surface area contributed by atoms with Crippen molar-refractivity contribution in [1.82, 2.24) is 0 Å². The molecule has 0 aliphatic heterocycles. The molecule has 144 valence electrons. The molecule has 0 radical (unpaired) electrons. The molecule has 28 heavy (non-hydrogen) atoms. The quantitative estimate of drug-likeness (QED) is 0.720. The fraction of sp³-hybridized carbons (Fsp3) is 0.273. The number of carbonyl (C=O) groups is 2. The van der Waals surface area contributed by atoms with Crippen LogP contribution in [0.2, 0.25) is 0 Å². The van der Waals surface area contributed by atoms with Crippen molar-refractivity contribution in [3.8, 4) is 12.1 Å². The van der Waals surface area contributed by atoms with Crippen molar-refractivity contribution >= 4 is 23.9 Å². The van der Waals surface area contributed by atoms with Crippen LogP contribution >= 0.6 is 0 Å². The smallest absolute Gasteiger partial charge is 0.141 e. The number of anilines is 2. The van der Waals surface area contributed by atoms with Crippen LogP contribution in [0.5, 0.6) is 0 Å². The van der Waals surface area contributed by atoms with Crippen molar-refractivity contribution in [2.75, 3.05) is 38.0 Å². The summed E-state index contributed by atoms with van der Waals surface area (Å²) < 4.78 is 0. The van der Waals surface area contributed by atoms with Crippen LogP contribution in [0, 0.1) is 22.7 Å². The van der Waals surface area contributed by atoms with Gasteiger partial charge in [-0.25, -0.2) is 0 Å². The van der Waals surface area contributed by atoms with Crippen LogP contribution in [0.4, 0.5) is 11.4 Å². The average Bonchev–Trinajstić information content (AvgIpc) is 2.71. The number of aldehydes is 2. The predicted molar refractivity (Wildman–Crippen MR) is 110 cm³/mol. The zero-order valence-electron chi connectivity index (χ0n) is 16.5. The lowest BCUT2D eigenvalue weighted by atomic mass is 10.0. The minimum Gasteiger partial charge on any atom is -0.378 e. The highest BCUT2D eigenvalue weighted by molar-refractivity contribution is 5.67. The Hall–Kier alpha value is -3.64. The van der Waals surface area contributed by atoms with Crippen LogP contribution in [0.25, 0.3) is 0 Å². The number of rotatable bonds is 6. The summed E-state index contributed by atoms with van der Waals surface area (Å²) in [6.07, 6.45) is 1.31. The van der Waals surface area contributed by atoms with Crippen LogP contribution in [0.3, 0.4) is 0 Å². The van der Waals surface area contributed by atoms with Crippen molar-refractivity contribution < 1.29 is 9.59 Å². The maximum atomic E-state index is 10.5. The average molecular weight is 376 g/mol. The Balaban J connectivity index is 0.000000280. The standard InChI is InChI=1S/2C11H12N2O/c2*1-13(2)11-5-3-9(4-6-11)10(7-12)8-14/h2*3-6,8,10H,1-2H3. The molecular formula is C22H24N4O2. The third-order valence-corrected chi connectivity index (χ3v) is 4.09. The van der Waals surface area contributed by atoms with Gasteiger partial charge in [-0.3, -0.25) is 0 Å². The molecule has 0 bridgehead atoms. The highest BCUT2D eigenvalue weighted by Crippen LogP contribution is 2.18. The van der Waals surface area contributed by atoms with E-state index >= 15 is 0 Å². The maximum absolute atomic E-state index is 10.5. The Labute approximate surface area is 166 Å². The van der Waals surface area contributed by atoms with E-state index in [4.69, 9.17) is 10.5 Å². The van der Waals surface area contributed by atoms with Gasteiger partial charge < -0.3 is 19.4 Å². The van der Waals surface area contributed by atoms with E-state index in [2.05, 4.69) is 0 Å². The molecule has 2 aromatic carbocycles. The molecule has 0 saturated heterocycles. The van der Waals surface area contributed by atoms with Crippen LogP contribution < -0.4 is 9.80 Å². The first-order valence-electron chi connectivity index (χ1n) is 8.62. The Morgan fingerprint density at radius 3 is 1.14 bits per heavy atom. The van der Waals surface area contributed by atoms with Crippen LogP contribution in [-0.2, 0) is 9.59 Å². The molecule has 0 aliphatic carbocycles. The van der Waals surface area contributed by atoms with E-state index in [1.807, 2.05) is 74.4 Å². The molecule has 6 heteroatoms. The Morgan fingerprint density at radius 1 is 0.679 bits per heavy atom. The van der Waals surface area contributed by atoms with Crippen molar-refractivity contribution in [2.24, 2.45) is 0 Å². The monoisotopic (exact) mass is 376 g/mol. The fourth-order valence-electron chi connectivity index (χ4n) is 2.33. The molecule has 0 saturated carbocycles. The van der Waals surface area contributed by atoms with E-state index in [1.165, 1.54) is 0 Å². The molecule has 6 nitrogen and oxygen atoms in total. The van der Waals surface area contributed by atoms with E-state index in [-0.39, 0.29) is 0 Å². The highest BCUT2D eigenvalue weighted by Gasteiger charge is 2.09. The minimum absolute atomic E-state index is 0.647.